The molecule has 2 nitrogen and oxygen atoms in total. The van der Waals surface area contributed by atoms with E-state index in [0.29, 0.717) is 5.56 Å². The molecule has 0 heterocycles. The van der Waals surface area contributed by atoms with Crippen LogP contribution in [0.2, 0.25) is 0 Å². The van der Waals surface area contributed by atoms with E-state index in [1.165, 1.54) is 0 Å². The maximum atomic E-state index is 11.0. The lowest BCUT2D eigenvalue weighted by molar-refractivity contribution is 0.0696. The van der Waals surface area contributed by atoms with E-state index in [0.717, 1.165) is 24.0 Å². The number of rotatable bonds is 2. The van der Waals surface area contributed by atoms with Gasteiger partial charge in [0.15, 0.2) is 0 Å². The van der Waals surface area contributed by atoms with Gasteiger partial charge in [-0.2, -0.15) is 0 Å². The quantitative estimate of drug-likeness (QED) is 0.796. The largest absolute Gasteiger partial charge is 0.478 e. The minimum atomic E-state index is -0.860. The Morgan fingerprint density at radius 1 is 1.27 bits per heavy atom. The van der Waals surface area contributed by atoms with E-state index in [-0.39, 0.29) is 0 Å². The first kappa shape index (κ1) is 9.71. The van der Waals surface area contributed by atoms with Crippen LogP contribution >= 0.6 is 0 Å². The lowest BCUT2D eigenvalue weighted by atomic mass is 9.93. The second-order valence-corrected chi connectivity index (χ2v) is 3.51. The van der Waals surface area contributed by atoms with Gasteiger partial charge >= 0.3 is 5.97 Å². The molecule has 1 aliphatic rings. The Balaban J connectivity index is 2.47. The molecule has 0 spiro atoms. The van der Waals surface area contributed by atoms with Gasteiger partial charge in [-0.05, 0) is 30.0 Å². The zero-order valence-electron chi connectivity index (χ0n) is 8.31. The van der Waals surface area contributed by atoms with Crippen molar-refractivity contribution in [2.24, 2.45) is 0 Å². The third-order valence-corrected chi connectivity index (χ3v) is 2.52. The maximum absolute atomic E-state index is 11.0. The van der Waals surface area contributed by atoms with Crippen molar-refractivity contribution in [1.29, 1.82) is 0 Å². The SMILES string of the molecule is O=C(O)c1ccccc1C1=CC=CCC1. The van der Waals surface area contributed by atoms with Gasteiger partial charge in [-0.1, -0.05) is 36.4 Å². The van der Waals surface area contributed by atoms with Crippen LogP contribution in [-0.2, 0) is 0 Å². The van der Waals surface area contributed by atoms with E-state index in [1.54, 1.807) is 12.1 Å². The van der Waals surface area contributed by atoms with Gasteiger partial charge in [0.1, 0.15) is 0 Å². The fourth-order valence-corrected chi connectivity index (χ4v) is 1.78. The van der Waals surface area contributed by atoms with Crippen molar-refractivity contribution >= 4 is 11.5 Å². The summed E-state index contributed by atoms with van der Waals surface area (Å²) in [5.41, 5.74) is 2.34. The molecular weight excluding hydrogens is 188 g/mol. The number of benzene rings is 1. The molecule has 2 rings (SSSR count). The summed E-state index contributed by atoms with van der Waals surface area (Å²) < 4.78 is 0. The van der Waals surface area contributed by atoms with Crippen LogP contribution in [0.4, 0.5) is 0 Å². The molecular formula is C13H12O2. The van der Waals surface area contributed by atoms with Gasteiger partial charge in [-0.3, -0.25) is 0 Å². The summed E-state index contributed by atoms with van der Waals surface area (Å²) in [6, 6.07) is 7.15. The molecule has 0 unspecified atom stereocenters. The van der Waals surface area contributed by atoms with Crippen molar-refractivity contribution in [1.82, 2.24) is 0 Å². The smallest absolute Gasteiger partial charge is 0.336 e. The van der Waals surface area contributed by atoms with Crippen LogP contribution in [0.3, 0.4) is 0 Å². The molecule has 0 bridgehead atoms. The Bertz CT molecular complexity index is 442. The molecule has 2 heteroatoms. The topological polar surface area (TPSA) is 37.3 Å². The Hall–Kier alpha value is -1.83. The molecule has 1 N–H and O–H groups in total. The molecule has 0 aliphatic heterocycles. The molecule has 1 aromatic carbocycles. The normalized spacial score (nSPS) is 14.8. The number of hydrogen-bond acceptors (Lipinski definition) is 1. The highest BCUT2D eigenvalue weighted by Gasteiger charge is 2.12. The van der Waals surface area contributed by atoms with E-state index in [2.05, 4.69) is 6.08 Å². The molecule has 0 saturated carbocycles. The van der Waals surface area contributed by atoms with E-state index in [1.807, 2.05) is 24.3 Å². The monoisotopic (exact) mass is 200 g/mol. The fraction of sp³-hybridized carbons (Fsp3) is 0.154. The van der Waals surface area contributed by atoms with Crippen LogP contribution in [-0.4, -0.2) is 11.1 Å². The number of aromatic carboxylic acids is 1. The highest BCUT2D eigenvalue weighted by atomic mass is 16.4. The van der Waals surface area contributed by atoms with E-state index in [4.69, 9.17) is 5.11 Å². The molecule has 0 radical (unpaired) electrons. The van der Waals surface area contributed by atoms with E-state index >= 15 is 0 Å². The standard InChI is InChI=1S/C13H12O2/c14-13(15)12-9-5-4-8-11(12)10-6-2-1-3-7-10/h1-2,4-6,8-9H,3,7H2,(H,14,15). The third kappa shape index (κ3) is 1.99. The average molecular weight is 200 g/mol. The molecule has 0 aromatic heterocycles. The Morgan fingerprint density at radius 2 is 2.07 bits per heavy atom. The predicted octanol–water partition coefficient (Wildman–Crippen LogP) is 3.12. The van der Waals surface area contributed by atoms with Crippen LogP contribution < -0.4 is 0 Å². The van der Waals surface area contributed by atoms with Crippen molar-refractivity contribution in [3.63, 3.8) is 0 Å². The fourth-order valence-electron chi connectivity index (χ4n) is 1.78. The first-order valence-corrected chi connectivity index (χ1v) is 4.97. The van der Waals surface area contributed by atoms with Gasteiger partial charge in [-0.25, -0.2) is 4.79 Å². The highest BCUT2D eigenvalue weighted by molar-refractivity contribution is 5.94. The number of carbonyl (C=O) groups is 1. The summed E-state index contributed by atoms with van der Waals surface area (Å²) >= 11 is 0. The second kappa shape index (κ2) is 4.13. The minimum absolute atomic E-state index is 0.388. The van der Waals surface area contributed by atoms with Crippen molar-refractivity contribution in [3.05, 3.63) is 53.6 Å². The average Bonchev–Trinajstić information content (AvgIpc) is 2.30. The van der Waals surface area contributed by atoms with Gasteiger partial charge in [0.05, 0.1) is 5.56 Å². The van der Waals surface area contributed by atoms with Crippen molar-refractivity contribution in [2.75, 3.05) is 0 Å². The Kier molecular flexibility index (Phi) is 2.68. The number of hydrogen-bond donors (Lipinski definition) is 1. The third-order valence-electron chi connectivity index (χ3n) is 2.52. The zero-order chi connectivity index (χ0) is 10.7. The Labute approximate surface area is 88.6 Å². The molecule has 1 aromatic rings. The minimum Gasteiger partial charge on any atom is -0.478 e. The lowest BCUT2D eigenvalue weighted by Gasteiger charge is -2.11. The summed E-state index contributed by atoms with van der Waals surface area (Å²) in [5.74, 6) is -0.860. The Morgan fingerprint density at radius 3 is 2.73 bits per heavy atom. The summed E-state index contributed by atoms with van der Waals surface area (Å²) in [4.78, 5) is 11.0. The van der Waals surface area contributed by atoms with Crippen LogP contribution in [0.1, 0.15) is 28.8 Å². The molecule has 0 atom stereocenters. The van der Waals surface area contributed by atoms with Crippen molar-refractivity contribution < 1.29 is 9.90 Å². The summed E-state index contributed by atoms with van der Waals surface area (Å²) in [6.45, 7) is 0. The van der Waals surface area contributed by atoms with Crippen molar-refractivity contribution in [3.8, 4) is 0 Å². The molecule has 0 amide bonds. The zero-order valence-corrected chi connectivity index (χ0v) is 8.31. The van der Waals surface area contributed by atoms with Gasteiger partial charge in [-0.15, -0.1) is 0 Å². The maximum Gasteiger partial charge on any atom is 0.336 e. The predicted molar refractivity (Wildman–Crippen MR) is 59.8 cm³/mol. The van der Waals surface area contributed by atoms with Gasteiger partial charge < -0.3 is 5.11 Å². The molecule has 0 fully saturated rings. The summed E-state index contributed by atoms with van der Waals surface area (Å²) in [6.07, 6.45) is 7.97. The number of carboxylic acids is 1. The first-order valence-electron chi connectivity index (χ1n) is 4.97. The summed E-state index contributed by atoms with van der Waals surface area (Å²) in [5, 5.41) is 9.05. The molecule has 15 heavy (non-hydrogen) atoms. The van der Waals surface area contributed by atoms with E-state index < -0.39 is 5.97 Å². The second-order valence-electron chi connectivity index (χ2n) is 3.51. The lowest BCUT2D eigenvalue weighted by Crippen LogP contribution is -2.02. The number of carboxylic acid groups (broad SMARTS) is 1. The number of allylic oxidation sites excluding steroid dienone is 4. The van der Waals surface area contributed by atoms with Crippen LogP contribution in [0, 0.1) is 0 Å². The van der Waals surface area contributed by atoms with Crippen molar-refractivity contribution in [2.45, 2.75) is 12.8 Å². The first-order chi connectivity index (χ1) is 7.29. The van der Waals surface area contributed by atoms with Gasteiger partial charge in [0.25, 0.3) is 0 Å². The van der Waals surface area contributed by atoms with Crippen LogP contribution in [0.5, 0.6) is 0 Å². The van der Waals surface area contributed by atoms with Gasteiger partial charge in [0, 0.05) is 0 Å². The molecule has 0 saturated heterocycles. The molecule has 1 aliphatic carbocycles. The van der Waals surface area contributed by atoms with Crippen LogP contribution in [0.15, 0.2) is 42.5 Å². The van der Waals surface area contributed by atoms with E-state index in [9.17, 15) is 4.79 Å². The highest BCUT2D eigenvalue weighted by Crippen LogP contribution is 2.26. The molecule has 76 valence electrons. The van der Waals surface area contributed by atoms with Crippen LogP contribution in [0.25, 0.3) is 5.57 Å². The summed E-state index contributed by atoms with van der Waals surface area (Å²) in [7, 11) is 0. The van der Waals surface area contributed by atoms with Gasteiger partial charge in [0.2, 0.25) is 0 Å².